The molecule has 1 aliphatic rings. The third-order valence-electron chi connectivity index (χ3n) is 3.51. The molecule has 4 nitrogen and oxygen atoms in total. The number of hydrogen-bond donors (Lipinski definition) is 1. The van der Waals surface area contributed by atoms with Crippen molar-refractivity contribution < 1.29 is 8.42 Å². The molecule has 21 heavy (non-hydrogen) atoms. The Morgan fingerprint density at radius 1 is 1.48 bits per heavy atom. The molecule has 1 N–H and O–H groups in total. The number of hydrogen-bond acceptors (Lipinski definition) is 4. The standard InChI is InChI=1S/C14H17ClN2O2S2/c1-2-20-14-5-3-4-13(14)17-21(18,19)11-7-6-10(9-16)12(15)8-11/h6-8,13-14,17H,2-5H2,1H3. The van der Waals surface area contributed by atoms with Gasteiger partial charge in [-0.15, -0.1) is 0 Å². The summed E-state index contributed by atoms with van der Waals surface area (Å²) < 4.78 is 27.6. The molecule has 2 atom stereocenters. The van der Waals surface area contributed by atoms with E-state index in [0.717, 1.165) is 25.0 Å². The summed E-state index contributed by atoms with van der Waals surface area (Å²) in [5.41, 5.74) is 0.274. The largest absolute Gasteiger partial charge is 0.240 e. The van der Waals surface area contributed by atoms with E-state index in [4.69, 9.17) is 16.9 Å². The summed E-state index contributed by atoms with van der Waals surface area (Å²) in [6.07, 6.45) is 2.94. The quantitative estimate of drug-likeness (QED) is 0.890. The molecule has 0 aromatic heterocycles. The summed E-state index contributed by atoms with van der Waals surface area (Å²) in [5, 5.41) is 9.32. The molecule has 0 bridgehead atoms. The van der Waals surface area contributed by atoms with Gasteiger partial charge in [0.25, 0.3) is 0 Å². The van der Waals surface area contributed by atoms with Gasteiger partial charge in [-0.1, -0.05) is 24.9 Å². The normalized spacial score (nSPS) is 22.1. The van der Waals surface area contributed by atoms with E-state index in [1.54, 1.807) is 11.8 Å². The van der Waals surface area contributed by atoms with Gasteiger partial charge in [-0.25, -0.2) is 13.1 Å². The van der Waals surface area contributed by atoms with Crippen LogP contribution in [-0.2, 0) is 10.0 Å². The lowest BCUT2D eigenvalue weighted by molar-refractivity contribution is 0.555. The molecular weight excluding hydrogens is 328 g/mol. The van der Waals surface area contributed by atoms with Crippen molar-refractivity contribution in [3.8, 4) is 6.07 Å². The fraction of sp³-hybridized carbons (Fsp3) is 0.500. The molecular formula is C14H17ClN2O2S2. The van der Waals surface area contributed by atoms with Crippen molar-refractivity contribution in [1.82, 2.24) is 4.72 Å². The Bertz CT molecular complexity index is 655. The lowest BCUT2D eigenvalue weighted by Gasteiger charge is -2.20. The molecule has 0 saturated heterocycles. The summed E-state index contributed by atoms with van der Waals surface area (Å²) in [5.74, 6) is 0.978. The molecule has 0 radical (unpaired) electrons. The van der Waals surface area contributed by atoms with Crippen LogP contribution >= 0.6 is 23.4 Å². The second kappa shape index (κ2) is 7.01. The summed E-state index contributed by atoms with van der Waals surface area (Å²) in [7, 11) is -3.60. The Morgan fingerprint density at radius 3 is 2.86 bits per heavy atom. The van der Waals surface area contributed by atoms with Crippen LogP contribution in [0.4, 0.5) is 0 Å². The topological polar surface area (TPSA) is 70.0 Å². The fourth-order valence-corrected chi connectivity index (χ4v) is 5.40. The molecule has 2 rings (SSSR count). The van der Waals surface area contributed by atoms with E-state index in [1.807, 2.05) is 6.07 Å². The van der Waals surface area contributed by atoms with E-state index in [-0.39, 0.29) is 21.5 Å². The van der Waals surface area contributed by atoms with Crippen molar-refractivity contribution >= 4 is 33.4 Å². The summed E-state index contributed by atoms with van der Waals surface area (Å²) in [6.45, 7) is 2.08. The number of nitrogens with one attached hydrogen (secondary N) is 1. The predicted molar refractivity (Wildman–Crippen MR) is 86.0 cm³/mol. The van der Waals surface area contributed by atoms with Gasteiger partial charge in [0.15, 0.2) is 0 Å². The van der Waals surface area contributed by atoms with Crippen molar-refractivity contribution in [3.63, 3.8) is 0 Å². The van der Waals surface area contributed by atoms with E-state index in [1.165, 1.54) is 18.2 Å². The summed E-state index contributed by atoms with van der Waals surface area (Å²) >= 11 is 7.71. The predicted octanol–water partition coefficient (Wildman–Crippen LogP) is 3.16. The highest BCUT2D eigenvalue weighted by Gasteiger charge is 2.31. The number of nitriles is 1. The molecule has 0 amide bonds. The van der Waals surface area contributed by atoms with Crippen LogP contribution in [-0.4, -0.2) is 25.5 Å². The molecule has 114 valence electrons. The molecule has 7 heteroatoms. The van der Waals surface area contributed by atoms with E-state index >= 15 is 0 Å². The molecule has 2 unspecified atom stereocenters. The van der Waals surface area contributed by atoms with Crippen LogP contribution in [0.1, 0.15) is 31.7 Å². The number of thioether (sulfide) groups is 1. The first-order valence-corrected chi connectivity index (χ1v) is 9.72. The van der Waals surface area contributed by atoms with E-state index in [9.17, 15) is 8.42 Å². The monoisotopic (exact) mass is 344 g/mol. The SMILES string of the molecule is CCSC1CCCC1NS(=O)(=O)c1ccc(C#N)c(Cl)c1. The van der Waals surface area contributed by atoms with Gasteiger partial charge >= 0.3 is 0 Å². The Labute approximate surface area is 134 Å². The average molecular weight is 345 g/mol. The molecule has 0 heterocycles. The van der Waals surface area contributed by atoms with Crippen LogP contribution in [0.2, 0.25) is 5.02 Å². The summed E-state index contributed by atoms with van der Waals surface area (Å²) in [4.78, 5) is 0.110. The number of nitrogens with zero attached hydrogens (tertiary/aromatic N) is 1. The van der Waals surface area contributed by atoms with Crippen LogP contribution in [0.25, 0.3) is 0 Å². The minimum absolute atomic E-state index is 0.0330. The fourth-order valence-electron chi connectivity index (χ4n) is 2.50. The Morgan fingerprint density at radius 2 is 2.24 bits per heavy atom. The second-order valence-electron chi connectivity index (χ2n) is 4.91. The average Bonchev–Trinajstić information content (AvgIpc) is 2.86. The van der Waals surface area contributed by atoms with Crippen LogP contribution in [0.5, 0.6) is 0 Å². The van der Waals surface area contributed by atoms with Gasteiger partial charge in [0, 0.05) is 11.3 Å². The Kier molecular flexibility index (Phi) is 5.55. The number of benzene rings is 1. The van der Waals surface area contributed by atoms with E-state index in [0.29, 0.717) is 5.25 Å². The first kappa shape index (κ1) is 16.6. The maximum Gasteiger partial charge on any atom is 0.240 e. The van der Waals surface area contributed by atoms with Crippen LogP contribution in [0.15, 0.2) is 23.1 Å². The van der Waals surface area contributed by atoms with Crippen molar-refractivity contribution in [2.24, 2.45) is 0 Å². The first-order chi connectivity index (χ1) is 9.97. The highest BCUT2D eigenvalue weighted by atomic mass is 35.5. The van der Waals surface area contributed by atoms with Crippen molar-refractivity contribution in [1.29, 1.82) is 5.26 Å². The number of halogens is 1. The van der Waals surface area contributed by atoms with E-state index < -0.39 is 10.0 Å². The van der Waals surface area contributed by atoms with Gasteiger partial charge in [0.2, 0.25) is 10.0 Å². The minimum atomic E-state index is -3.60. The highest BCUT2D eigenvalue weighted by molar-refractivity contribution is 8.00. The van der Waals surface area contributed by atoms with Gasteiger partial charge in [0.1, 0.15) is 6.07 Å². The Balaban J connectivity index is 2.19. The van der Waals surface area contributed by atoms with Crippen LogP contribution in [0.3, 0.4) is 0 Å². The minimum Gasteiger partial charge on any atom is -0.207 e. The molecule has 1 aliphatic carbocycles. The second-order valence-corrected chi connectivity index (χ2v) is 8.54. The third kappa shape index (κ3) is 3.92. The lowest BCUT2D eigenvalue weighted by atomic mass is 10.2. The summed E-state index contributed by atoms with van der Waals surface area (Å²) in [6, 6.07) is 6.07. The zero-order valence-electron chi connectivity index (χ0n) is 11.7. The van der Waals surface area contributed by atoms with Gasteiger partial charge < -0.3 is 0 Å². The molecule has 1 saturated carbocycles. The maximum absolute atomic E-state index is 12.4. The molecule has 1 fully saturated rings. The zero-order chi connectivity index (χ0) is 15.5. The van der Waals surface area contributed by atoms with Crippen LogP contribution in [0, 0.1) is 11.3 Å². The van der Waals surface area contributed by atoms with Crippen LogP contribution < -0.4 is 4.72 Å². The van der Waals surface area contributed by atoms with Gasteiger partial charge in [0.05, 0.1) is 15.5 Å². The van der Waals surface area contributed by atoms with Gasteiger partial charge in [-0.05, 0) is 36.8 Å². The zero-order valence-corrected chi connectivity index (χ0v) is 14.1. The van der Waals surface area contributed by atoms with E-state index in [2.05, 4.69) is 11.6 Å². The maximum atomic E-state index is 12.4. The lowest BCUT2D eigenvalue weighted by Crippen LogP contribution is -2.38. The smallest absolute Gasteiger partial charge is 0.207 e. The Hall–Kier alpha value is -0.740. The van der Waals surface area contributed by atoms with Crippen molar-refractivity contribution in [3.05, 3.63) is 28.8 Å². The highest BCUT2D eigenvalue weighted by Crippen LogP contribution is 2.31. The van der Waals surface area contributed by atoms with Gasteiger partial charge in [-0.3, -0.25) is 0 Å². The molecule has 1 aromatic carbocycles. The van der Waals surface area contributed by atoms with Crippen molar-refractivity contribution in [2.45, 2.75) is 42.4 Å². The number of rotatable bonds is 5. The third-order valence-corrected chi connectivity index (χ3v) is 6.64. The number of sulfonamides is 1. The molecule has 0 aliphatic heterocycles. The first-order valence-electron chi connectivity index (χ1n) is 6.81. The van der Waals surface area contributed by atoms with Gasteiger partial charge in [-0.2, -0.15) is 17.0 Å². The van der Waals surface area contributed by atoms with Crippen molar-refractivity contribution in [2.75, 3.05) is 5.75 Å². The molecule has 1 aromatic rings. The molecule has 0 spiro atoms.